The van der Waals surface area contributed by atoms with Crippen molar-refractivity contribution in [1.29, 1.82) is 5.26 Å². The Morgan fingerprint density at radius 2 is 1.95 bits per heavy atom. The van der Waals surface area contributed by atoms with E-state index in [9.17, 15) is 4.79 Å². The summed E-state index contributed by atoms with van der Waals surface area (Å²) in [6.45, 7) is 2.53. The molecule has 0 saturated heterocycles. The van der Waals surface area contributed by atoms with Gasteiger partial charge in [-0.1, -0.05) is 12.1 Å². The summed E-state index contributed by atoms with van der Waals surface area (Å²) in [6, 6.07) is 14.0. The molecule has 2 aromatic rings. The van der Waals surface area contributed by atoms with E-state index in [1.165, 1.54) is 0 Å². The molecule has 0 fully saturated rings. The normalized spacial score (nSPS) is 9.82. The third-order valence-corrected chi connectivity index (χ3v) is 3.05. The van der Waals surface area contributed by atoms with Gasteiger partial charge in [0, 0.05) is 5.56 Å². The van der Waals surface area contributed by atoms with E-state index in [1.807, 2.05) is 6.92 Å². The van der Waals surface area contributed by atoms with Crippen LogP contribution in [0, 0.1) is 18.3 Å². The average molecular weight is 296 g/mol. The summed E-state index contributed by atoms with van der Waals surface area (Å²) < 4.78 is 11.1. The van der Waals surface area contributed by atoms with Crippen LogP contribution in [0.15, 0.2) is 42.5 Å². The molecular formula is C17H16N2O3. The second-order valence-electron chi connectivity index (χ2n) is 4.68. The van der Waals surface area contributed by atoms with Crippen LogP contribution in [-0.2, 0) is 0 Å². The van der Waals surface area contributed by atoms with Gasteiger partial charge in [-0.2, -0.15) is 5.26 Å². The average Bonchev–Trinajstić information content (AvgIpc) is 2.53. The van der Waals surface area contributed by atoms with Crippen LogP contribution >= 0.6 is 0 Å². The number of ether oxygens (including phenoxy) is 2. The number of carbonyl (C=O) groups is 1. The molecule has 1 amide bonds. The zero-order valence-electron chi connectivity index (χ0n) is 12.2. The Bertz CT molecular complexity index is 720. The van der Waals surface area contributed by atoms with Crippen molar-refractivity contribution in [3.8, 4) is 17.6 Å². The molecule has 0 atom stereocenters. The van der Waals surface area contributed by atoms with Gasteiger partial charge in [0.05, 0.1) is 11.6 Å². The molecule has 22 heavy (non-hydrogen) atoms. The molecule has 0 spiro atoms. The molecule has 0 aromatic heterocycles. The lowest BCUT2D eigenvalue weighted by atomic mass is 10.1. The van der Waals surface area contributed by atoms with Gasteiger partial charge in [0.15, 0.2) is 0 Å². The van der Waals surface area contributed by atoms with E-state index in [4.69, 9.17) is 20.5 Å². The Labute approximate surface area is 128 Å². The molecule has 0 bridgehead atoms. The van der Waals surface area contributed by atoms with Gasteiger partial charge in [0.25, 0.3) is 0 Å². The number of carbonyl (C=O) groups excluding carboxylic acids is 1. The summed E-state index contributed by atoms with van der Waals surface area (Å²) in [4.78, 5) is 11.2. The first kappa shape index (κ1) is 15.4. The third kappa shape index (κ3) is 4.00. The summed E-state index contributed by atoms with van der Waals surface area (Å²) in [5.74, 6) is 0.727. The number of benzene rings is 2. The van der Waals surface area contributed by atoms with Crippen molar-refractivity contribution in [2.24, 2.45) is 5.73 Å². The number of primary amides is 1. The van der Waals surface area contributed by atoms with E-state index in [1.54, 1.807) is 42.5 Å². The number of nitrogens with zero attached hydrogens (tertiary/aromatic N) is 1. The lowest BCUT2D eigenvalue weighted by Crippen LogP contribution is -2.13. The minimum Gasteiger partial charge on any atom is -0.490 e. The molecule has 0 unspecified atom stereocenters. The molecule has 112 valence electrons. The van der Waals surface area contributed by atoms with Crippen LogP contribution in [0.2, 0.25) is 0 Å². The van der Waals surface area contributed by atoms with Gasteiger partial charge in [-0.25, -0.2) is 0 Å². The molecule has 2 rings (SSSR count). The van der Waals surface area contributed by atoms with Gasteiger partial charge in [-0.15, -0.1) is 0 Å². The van der Waals surface area contributed by atoms with Crippen LogP contribution in [0.4, 0.5) is 0 Å². The lowest BCUT2D eigenvalue weighted by molar-refractivity contribution is 0.1000. The molecule has 0 aliphatic rings. The lowest BCUT2D eigenvalue weighted by Gasteiger charge is -2.11. The quantitative estimate of drug-likeness (QED) is 0.829. The van der Waals surface area contributed by atoms with Crippen molar-refractivity contribution in [2.45, 2.75) is 6.92 Å². The summed E-state index contributed by atoms with van der Waals surface area (Å²) in [6.07, 6.45) is 0. The van der Waals surface area contributed by atoms with Gasteiger partial charge in [-0.05, 0) is 42.8 Å². The first-order chi connectivity index (χ1) is 10.6. The van der Waals surface area contributed by atoms with Crippen LogP contribution in [0.1, 0.15) is 21.5 Å². The molecule has 0 saturated carbocycles. The van der Waals surface area contributed by atoms with E-state index in [2.05, 4.69) is 6.07 Å². The highest BCUT2D eigenvalue weighted by Gasteiger charge is 2.05. The monoisotopic (exact) mass is 296 g/mol. The van der Waals surface area contributed by atoms with E-state index in [0.29, 0.717) is 35.8 Å². The zero-order chi connectivity index (χ0) is 15.9. The molecule has 2 N–H and O–H groups in total. The fourth-order valence-electron chi connectivity index (χ4n) is 1.88. The van der Waals surface area contributed by atoms with E-state index in [0.717, 1.165) is 5.56 Å². The van der Waals surface area contributed by atoms with Crippen LogP contribution in [0.5, 0.6) is 11.5 Å². The number of aryl methyl sites for hydroxylation is 1. The van der Waals surface area contributed by atoms with Crippen LogP contribution < -0.4 is 15.2 Å². The first-order valence-corrected chi connectivity index (χ1v) is 6.76. The van der Waals surface area contributed by atoms with Gasteiger partial charge < -0.3 is 15.2 Å². The largest absolute Gasteiger partial charge is 0.490 e. The molecule has 0 aliphatic carbocycles. The second kappa shape index (κ2) is 7.14. The number of nitrogens with two attached hydrogens (primary N) is 1. The highest BCUT2D eigenvalue weighted by molar-refractivity contribution is 5.93. The summed E-state index contributed by atoms with van der Waals surface area (Å²) in [5.41, 5.74) is 7.11. The van der Waals surface area contributed by atoms with E-state index in [-0.39, 0.29) is 0 Å². The molecular weight excluding hydrogens is 280 g/mol. The van der Waals surface area contributed by atoms with E-state index >= 15 is 0 Å². The molecule has 0 aliphatic heterocycles. The Balaban J connectivity index is 1.90. The molecule has 0 heterocycles. The van der Waals surface area contributed by atoms with Crippen molar-refractivity contribution in [3.63, 3.8) is 0 Å². The maximum Gasteiger partial charge on any atom is 0.248 e. The molecule has 0 radical (unpaired) electrons. The highest BCUT2D eigenvalue weighted by Crippen LogP contribution is 2.19. The Morgan fingerprint density at radius 1 is 1.18 bits per heavy atom. The second-order valence-corrected chi connectivity index (χ2v) is 4.68. The standard InChI is InChI=1S/C17H16N2O3/c1-12-5-6-14(17(19)20)10-16(12)22-8-7-21-15-4-2-3-13(9-15)11-18/h2-6,9-10H,7-8H2,1H3,(H2,19,20). The number of hydrogen-bond acceptors (Lipinski definition) is 4. The van der Waals surface area contributed by atoms with Crippen molar-refractivity contribution >= 4 is 5.91 Å². The number of rotatable bonds is 6. The zero-order valence-corrected chi connectivity index (χ0v) is 12.2. The van der Waals surface area contributed by atoms with E-state index < -0.39 is 5.91 Å². The summed E-state index contributed by atoms with van der Waals surface area (Å²) in [5, 5.41) is 8.82. The number of nitriles is 1. The van der Waals surface area contributed by atoms with Crippen molar-refractivity contribution in [1.82, 2.24) is 0 Å². The third-order valence-electron chi connectivity index (χ3n) is 3.05. The minimum atomic E-state index is -0.491. The summed E-state index contributed by atoms with van der Waals surface area (Å²) in [7, 11) is 0. The van der Waals surface area contributed by atoms with Crippen molar-refractivity contribution in [3.05, 3.63) is 59.2 Å². The summed E-state index contributed by atoms with van der Waals surface area (Å²) >= 11 is 0. The SMILES string of the molecule is Cc1ccc(C(N)=O)cc1OCCOc1cccc(C#N)c1. The highest BCUT2D eigenvalue weighted by atomic mass is 16.5. The number of amides is 1. The van der Waals surface area contributed by atoms with Gasteiger partial charge in [0.1, 0.15) is 24.7 Å². The maximum atomic E-state index is 11.2. The topological polar surface area (TPSA) is 85.3 Å². The Morgan fingerprint density at radius 3 is 2.68 bits per heavy atom. The maximum absolute atomic E-state index is 11.2. The molecule has 5 heteroatoms. The Hall–Kier alpha value is -3.00. The fourth-order valence-corrected chi connectivity index (χ4v) is 1.88. The van der Waals surface area contributed by atoms with Gasteiger partial charge in [0.2, 0.25) is 5.91 Å². The Kier molecular flexibility index (Phi) is 4.99. The first-order valence-electron chi connectivity index (χ1n) is 6.76. The van der Waals surface area contributed by atoms with Crippen molar-refractivity contribution < 1.29 is 14.3 Å². The van der Waals surface area contributed by atoms with Crippen LogP contribution in [0.3, 0.4) is 0 Å². The van der Waals surface area contributed by atoms with Gasteiger partial charge in [-0.3, -0.25) is 4.79 Å². The fraction of sp³-hybridized carbons (Fsp3) is 0.176. The van der Waals surface area contributed by atoms with Crippen LogP contribution in [0.25, 0.3) is 0 Å². The predicted octanol–water partition coefficient (Wildman–Crippen LogP) is 2.42. The van der Waals surface area contributed by atoms with Crippen molar-refractivity contribution in [2.75, 3.05) is 13.2 Å². The predicted molar refractivity (Wildman–Crippen MR) is 81.8 cm³/mol. The smallest absolute Gasteiger partial charge is 0.248 e. The molecule has 2 aromatic carbocycles. The minimum absolute atomic E-state index is 0.319. The van der Waals surface area contributed by atoms with Crippen LogP contribution in [-0.4, -0.2) is 19.1 Å². The number of hydrogen-bond donors (Lipinski definition) is 1. The van der Waals surface area contributed by atoms with Gasteiger partial charge >= 0.3 is 0 Å². The molecule has 5 nitrogen and oxygen atoms in total.